The van der Waals surface area contributed by atoms with Crippen LogP contribution in [-0.4, -0.2) is 17.4 Å². The molecule has 0 aliphatic heterocycles. The second kappa shape index (κ2) is 8.50. The third-order valence-electron chi connectivity index (χ3n) is 4.20. The lowest BCUT2D eigenvalue weighted by Gasteiger charge is -2.33. The van der Waals surface area contributed by atoms with Crippen molar-refractivity contribution in [1.82, 2.24) is 5.32 Å². The van der Waals surface area contributed by atoms with E-state index in [1.807, 2.05) is 27.7 Å². The summed E-state index contributed by atoms with van der Waals surface area (Å²) in [5.41, 5.74) is 1.18. The minimum absolute atomic E-state index is 0.0289. The van der Waals surface area contributed by atoms with Gasteiger partial charge in [0.15, 0.2) is 0 Å². The molecule has 2 N–H and O–H groups in total. The molecule has 0 bridgehead atoms. The summed E-state index contributed by atoms with van der Waals surface area (Å²) in [7, 11) is 0. The molecule has 140 valence electrons. The third-order valence-corrected chi connectivity index (χ3v) is 4.20. The van der Waals surface area contributed by atoms with E-state index in [0.717, 1.165) is 24.9 Å². The van der Waals surface area contributed by atoms with E-state index in [-0.39, 0.29) is 28.7 Å². The van der Waals surface area contributed by atoms with Crippen LogP contribution < -0.4 is 10.6 Å². The zero-order valence-electron chi connectivity index (χ0n) is 16.8. The standard InChI is InChI=1S/C21H34N2O2/c1-8-15(9-2)18(24)22-17-12-10-16(11-13-17)19(25)23-21(6,7)14-20(3,4)5/h10-13,15H,8-9,14H2,1-7H3,(H,22,24)(H,23,25). The average Bonchev–Trinajstić information content (AvgIpc) is 2.46. The minimum Gasteiger partial charge on any atom is -0.347 e. The first-order valence-corrected chi connectivity index (χ1v) is 9.21. The molecule has 0 heterocycles. The molecule has 1 aromatic rings. The molecular formula is C21H34N2O2. The maximum absolute atomic E-state index is 12.5. The van der Waals surface area contributed by atoms with Crippen LogP contribution in [0.2, 0.25) is 0 Å². The topological polar surface area (TPSA) is 58.2 Å². The number of hydrogen-bond acceptors (Lipinski definition) is 2. The average molecular weight is 347 g/mol. The summed E-state index contributed by atoms with van der Waals surface area (Å²) in [6.45, 7) is 14.6. The van der Waals surface area contributed by atoms with Gasteiger partial charge in [0, 0.05) is 22.7 Å². The Balaban J connectivity index is 2.72. The first-order valence-electron chi connectivity index (χ1n) is 9.21. The first kappa shape index (κ1) is 21.2. The Morgan fingerprint density at radius 1 is 0.960 bits per heavy atom. The highest BCUT2D eigenvalue weighted by Crippen LogP contribution is 2.27. The first-order chi connectivity index (χ1) is 11.5. The van der Waals surface area contributed by atoms with Crippen molar-refractivity contribution in [1.29, 1.82) is 0 Å². The number of benzene rings is 1. The highest BCUT2D eigenvalue weighted by molar-refractivity contribution is 5.96. The highest BCUT2D eigenvalue weighted by Gasteiger charge is 2.27. The largest absolute Gasteiger partial charge is 0.347 e. The zero-order valence-corrected chi connectivity index (χ0v) is 16.8. The molecule has 0 aliphatic carbocycles. The van der Waals surface area contributed by atoms with Crippen molar-refractivity contribution in [3.05, 3.63) is 29.8 Å². The molecule has 4 nitrogen and oxygen atoms in total. The monoisotopic (exact) mass is 346 g/mol. The molecule has 25 heavy (non-hydrogen) atoms. The van der Waals surface area contributed by atoms with Gasteiger partial charge in [0.05, 0.1) is 0 Å². The Morgan fingerprint density at radius 2 is 1.48 bits per heavy atom. The van der Waals surface area contributed by atoms with Crippen LogP contribution in [0.15, 0.2) is 24.3 Å². The van der Waals surface area contributed by atoms with E-state index < -0.39 is 0 Å². The summed E-state index contributed by atoms with van der Waals surface area (Å²) in [5.74, 6) is -0.0261. The maximum Gasteiger partial charge on any atom is 0.251 e. The summed E-state index contributed by atoms with van der Waals surface area (Å²) in [5, 5.41) is 6.02. The van der Waals surface area contributed by atoms with Crippen LogP contribution in [0.5, 0.6) is 0 Å². The van der Waals surface area contributed by atoms with Gasteiger partial charge in [0.2, 0.25) is 5.91 Å². The summed E-state index contributed by atoms with van der Waals surface area (Å²) in [4.78, 5) is 24.6. The Hall–Kier alpha value is -1.84. The van der Waals surface area contributed by atoms with E-state index in [2.05, 4.69) is 31.4 Å². The zero-order chi connectivity index (χ0) is 19.3. The smallest absolute Gasteiger partial charge is 0.251 e. The lowest BCUT2D eigenvalue weighted by molar-refractivity contribution is -0.120. The number of rotatable bonds is 7. The van der Waals surface area contributed by atoms with Crippen LogP contribution in [0.25, 0.3) is 0 Å². The fraction of sp³-hybridized carbons (Fsp3) is 0.619. The van der Waals surface area contributed by atoms with E-state index in [9.17, 15) is 9.59 Å². The molecule has 1 aromatic carbocycles. The molecule has 2 amide bonds. The van der Waals surface area contributed by atoms with E-state index in [1.165, 1.54) is 0 Å². The molecule has 0 saturated carbocycles. The number of hydrogen-bond donors (Lipinski definition) is 2. The van der Waals surface area contributed by atoms with Crippen LogP contribution >= 0.6 is 0 Å². The number of carbonyl (C=O) groups is 2. The van der Waals surface area contributed by atoms with E-state index in [4.69, 9.17) is 0 Å². The van der Waals surface area contributed by atoms with Crippen molar-refractivity contribution in [3.8, 4) is 0 Å². The van der Waals surface area contributed by atoms with Crippen molar-refractivity contribution < 1.29 is 9.59 Å². The molecule has 0 unspecified atom stereocenters. The van der Waals surface area contributed by atoms with Crippen molar-refractivity contribution in [3.63, 3.8) is 0 Å². The van der Waals surface area contributed by atoms with Crippen molar-refractivity contribution >= 4 is 17.5 Å². The Morgan fingerprint density at radius 3 is 1.92 bits per heavy atom. The lowest BCUT2D eigenvalue weighted by atomic mass is 9.81. The van der Waals surface area contributed by atoms with E-state index in [0.29, 0.717) is 5.56 Å². The predicted octanol–water partition coefficient (Wildman–Crippen LogP) is 5.01. The Kier molecular flexibility index (Phi) is 7.21. The van der Waals surface area contributed by atoms with Crippen LogP contribution in [0.1, 0.15) is 78.1 Å². The normalized spacial score (nSPS) is 12.2. The van der Waals surface area contributed by atoms with Crippen LogP contribution in [0.3, 0.4) is 0 Å². The molecule has 0 aromatic heterocycles. The third kappa shape index (κ3) is 7.29. The SMILES string of the molecule is CCC(CC)C(=O)Nc1ccc(C(=O)NC(C)(C)CC(C)(C)C)cc1. The summed E-state index contributed by atoms with van der Waals surface area (Å²) < 4.78 is 0. The predicted molar refractivity (Wildman–Crippen MR) is 105 cm³/mol. The van der Waals surface area contributed by atoms with Crippen molar-refractivity contribution in [2.75, 3.05) is 5.32 Å². The molecule has 0 saturated heterocycles. The Labute approximate surface area is 152 Å². The number of anilines is 1. The van der Waals surface area contributed by atoms with Crippen molar-refractivity contribution in [2.24, 2.45) is 11.3 Å². The Bertz CT molecular complexity index is 579. The number of carbonyl (C=O) groups excluding carboxylic acids is 2. The molecule has 0 aliphatic rings. The van der Waals surface area contributed by atoms with E-state index >= 15 is 0 Å². The lowest BCUT2D eigenvalue weighted by Crippen LogP contribution is -2.45. The van der Waals surface area contributed by atoms with Crippen LogP contribution in [0, 0.1) is 11.3 Å². The molecule has 1 rings (SSSR count). The van der Waals surface area contributed by atoms with Crippen LogP contribution in [-0.2, 0) is 4.79 Å². The summed E-state index contributed by atoms with van der Waals surface area (Å²) >= 11 is 0. The maximum atomic E-state index is 12.5. The van der Waals surface area contributed by atoms with Crippen LogP contribution in [0.4, 0.5) is 5.69 Å². The van der Waals surface area contributed by atoms with Gasteiger partial charge in [0.1, 0.15) is 0 Å². The molecule has 0 atom stereocenters. The van der Waals surface area contributed by atoms with Gasteiger partial charge in [-0.3, -0.25) is 9.59 Å². The second-order valence-electron chi connectivity index (χ2n) is 8.66. The fourth-order valence-corrected chi connectivity index (χ4v) is 3.36. The fourth-order valence-electron chi connectivity index (χ4n) is 3.36. The van der Waals surface area contributed by atoms with Gasteiger partial charge in [-0.05, 0) is 62.8 Å². The quantitative estimate of drug-likeness (QED) is 0.729. The van der Waals surface area contributed by atoms with Gasteiger partial charge in [-0.2, -0.15) is 0 Å². The van der Waals surface area contributed by atoms with Gasteiger partial charge in [-0.25, -0.2) is 0 Å². The van der Waals surface area contributed by atoms with Gasteiger partial charge >= 0.3 is 0 Å². The number of amides is 2. The molecule has 4 heteroatoms. The molecular weight excluding hydrogens is 312 g/mol. The van der Waals surface area contributed by atoms with Gasteiger partial charge < -0.3 is 10.6 Å². The molecule has 0 fully saturated rings. The van der Waals surface area contributed by atoms with Gasteiger partial charge in [-0.15, -0.1) is 0 Å². The minimum atomic E-state index is -0.280. The number of nitrogens with one attached hydrogen (secondary N) is 2. The van der Waals surface area contributed by atoms with Gasteiger partial charge in [0.25, 0.3) is 5.91 Å². The highest BCUT2D eigenvalue weighted by atomic mass is 16.2. The van der Waals surface area contributed by atoms with E-state index in [1.54, 1.807) is 24.3 Å². The summed E-state index contributed by atoms with van der Waals surface area (Å²) in [6, 6.07) is 7.08. The molecule has 0 radical (unpaired) electrons. The van der Waals surface area contributed by atoms with Gasteiger partial charge in [-0.1, -0.05) is 34.6 Å². The molecule has 0 spiro atoms. The van der Waals surface area contributed by atoms with Crippen molar-refractivity contribution in [2.45, 2.75) is 73.3 Å². The summed E-state index contributed by atoms with van der Waals surface area (Å²) in [6.07, 6.45) is 2.53. The second-order valence-corrected chi connectivity index (χ2v) is 8.66.